The summed E-state index contributed by atoms with van der Waals surface area (Å²) in [6.45, 7) is 4.07. The Labute approximate surface area is 209 Å². The first-order valence-corrected chi connectivity index (χ1v) is 12.6. The average Bonchev–Trinajstić information content (AvgIpc) is 2.89. The molecule has 0 unspecified atom stereocenters. The van der Waals surface area contributed by atoms with Gasteiger partial charge in [0, 0.05) is 37.7 Å². The van der Waals surface area contributed by atoms with Crippen LogP contribution in [0.3, 0.4) is 0 Å². The lowest BCUT2D eigenvalue weighted by molar-refractivity contribution is -0.118. The van der Waals surface area contributed by atoms with Crippen molar-refractivity contribution in [3.05, 3.63) is 71.2 Å². The fourth-order valence-electron chi connectivity index (χ4n) is 3.81. The van der Waals surface area contributed by atoms with Gasteiger partial charge in [-0.15, -0.1) is 10.2 Å². The molecule has 1 aliphatic heterocycles. The van der Waals surface area contributed by atoms with Gasteiger partial charge in [-0.2, -0.15) is 0 Å². The molecule has 0 bridgehead atoms. The summed E-state index contributed by atoms with van der Waals surface area (Å²) in [5.74, 6) is 2.05. The van der Waals surface area contributed by atoms with Crippen molar-refractivity contribution in [1.29, 1.82) is 0 Å². The van der Waals surface area contributed by atoms with E-state index in [9.17, 15) is 4.79 Å². The van der Waals surface area contributed by atoms with Crippen LogP contribution in [0.4, 0.5) is 11.5 Å². The normalized spacial score (nSPS) is 13.6. The quantitative estimate of drug-likeness (QED) is 0.449. The van der Waals surface area contributed by atoms with Crippen molar-refractivity contribution in [3.8, 4) is 5.75 Å². The zero-order valence-corrected chi connectivity index (χ0v) is 20.7. The number of nitrogens with one attached hydrogen (secondary N) is 1. The maximum absolute atomic E-state index is 12.1. The zero-order valence-electron chi connectivity index (χ0n) is 19.1. The van der Waals surface area contributed by atoms with Crippen LogP contribution in [-0.2, 0) is 11.2 Å². The van der Waals surface area contributed by atoms with Crippen LogP contribution in [0.2, 0.25) is 5.02 Å². The molecule has 1 fully saturated rings. The number of benzene rings is 2. The van der Waals surface area contributed by atoms with Gasteiger partial charge in [0.15, 0.2) is 5.82 Å². The minimum Gasteiger partial charge on any atom is -0.495 e. The Kier molecular flexibility index (Phi) is 8.49. The van der Waals surface area contributed by atoms with Crippen molar-refractivity contribution in [1.82, 2.24) is 15.5 Å². The largest absolute Gasteiger partial charge is 0.495 e. The van der Waals surface area contributed by atoms with E-state index < -0.39 is 0 Å². The highest BCUT2D eigenvalue weighted by molar-refractivity contribution is 7.99. The first kappa shape index (κ1) is 24.2. The Bertz CT molecular complexity index is 1070. The number of ether oxygens (including phenoxy) is 1. The summed E-state index contributed by atoms with van der Waals surface area (Å²) in [5.41, 5.74) is 2.26. The number of anilines is 2. The lowest BCUT2D eigenvalue weighted by atomic mass is 10.1. The van der Waals surface area contributed by atoms with E-state index in [0.29, 0.717) is 17.3 Å². The summed E-state index contributed by atoms with van der Waals surface area (Å²) in [6, 6.07) is 19.7. The minimum atomic E-state index is -0.0164. The van der Waals surface area contributed by atoms with E-state index in [1.54, 1.807) is 7.11 Å². The number of hydrogen-bond acceptors (Lipinski definition) is 7. The monoisotopic (exact) mass is 497 g/mol. The SMILES string of the molecule is COc1ccccc1N1CCN(c2ccc(SCC(=O)NCCc3ccc(Cl)cc3)nn2)CC1. The van der Waals surface area contributed by atoms with Gasteiger partial charge < -0.3 is 19.9 Å². The summed E-state index contributed by atoms with van der Waals surface area (Å²) in [7, 11) is 1.70. The summed E-state index contributed by atoms with van der Waals surface area (Å²) in [6.07, 6.45) is 0.770. The number of thioether (sulfide) groups is 1. The van der Waals surface area contributed by atoms with E-state index in [2.05, 4.69) is 31.4 Å². The number of carbonyl (C=O) groups is 1. The van der Waals surface area contributed by atoms with Crippen molar-refractivity contribution in [2.45, 2.75) is 11.4 Å². The number of rotatable bonds is 9. The number of nitrogens with zero attached hydrogens (tertiary/aromatic N) is 4. The average molecular weight is 498 g/mol. The maximum atomic E-state index is 12.1. The lowest BCUT2D eigenvalue weighted by Gasteiger charge is -2.37. The van der Waals surface area contributed by atoms with Crippen molar-refractivity contribution in [3.63, 3.8) is 0 Å². The molecule has 1 amide bonds. The molecule has 2 aromatic carbocycles. The van der Waals surface area contributed by atoms with Gasteiger partial charge in [0.2, 0.25) is 5.91 Å². The molecular formula is C25H28ClN5O2S. The van der Waals surface area contributed by atoms with Gasteiger partial charge in [0.1, 0.15) is 10.8 Å². The Morgan fingerprint density at radius 1 is 1.00 bits per heavy atom. The molecule has 2 heterocycles. The summed E-state index contributed by atoms with van der Waals surface area (Å²) < 4.78 is 5.50. The van der Waals surface area contributed by atoms with Crippen LogP contribution in [0, 0.1) is 0 Å². The van der Waals surface area contributed by atoms with Crippen LogP contribution in [-0.4, -0.2) is 61.7 Å². The number of para-hydroxylation sites is 2. The maximum Gasteiger partial charge on any atom is 0.230 e. The van der Waals surface area contributed by atoms with Crippen LogP contribution in [0.25, 0.3) is 0 Å². The molecule has 34 heavy (non-hydrogen) atoms. The number of carbonyl (C=O) groups excluding carboxylic acids is 1. The van der Waals surface area contributed by atoms with E-state index >= 15 is 0 Å². The van der Waals surface area contributed by atoms with Gasteiger partial charge >= 0.3 is 0 Å². The number of methoxy groups -OCH3 is 1. The molecule has 0 saturated carbocycles. The first-order chi connectivity index (χ1) is 16.6. The van der Waals surface area contributed by atoms with Crippen LogP contribution >= 0.6 is 23.4 Å². The van der Waals surface area contributed by atoms with Crippen LogP contribution in [0.1, 0.15) is 5.56 Å². The molecule has 0 spiro atoms. The molecule has 3 aromatic rings. The second-order valence-electron chi connectivity index (χ2n) is 7.89. The number of aromatic nitrogens is 2. The van der Waals surface area contributed by atoms with E-state index in [4.69, 9.17) is 16.3 Å². The number of hydrogen-bond donors (Lipinski definition) is 1. The molecule has 4 rings (SSSR count). The molecular weight excluding hydrogens is 470 g/mol. The first-order valence-electron chi connectivity index (χ1n) is 11.2. The zero-order chi connectivity index (χ0) is 23.8. The van der Waals surface area contributed by atoms with E-state index in [1.807, 2.05) is 54.6 Å². The predicted molar refractivity (Wildman–Crippen MR) is 138 cm³/mol. The number of amides is 1. The third-order valence-corrected chi connectivity index (χ3v) is 6.83. The smallest absolute Gasteiger partial charge is 0.230 e. The van der Waals surface area contributed by atoms with Gasteiger partial charge in [-0.25, -0.2) is 0 Å². The van der Waals surface area contributed by atoms with E-state index in [1.165, 1.54) is 11.8 Å². The Balaban J connectivity index is 1.20. The van der Waals surface area contributed by atoms with Crippen LogP contribution < -0.4 is 19.9 Å². The van der Waals surface area contributed by atoms with E-state index in [0.717, 1.165) is 60.4 Å². The fraction of sp³-hybridized carbons (Fsp3) is 0.320. The molecule has 0 radical (unpaired) electrons. The fourth-order valence-corrected chi connectivity index (χ4v) is 4.58. The van der Waals surface area contributed by atoms with Crippen LogP contribution in [0.5, 0.6) is 5.75 Å². The van der Waals surface area contributed by atoms with Crippen molar-refractivity contribution >= 4 is 40.8 Å². The number of piperazine rings is 1. The molecule has 7 nitrogen and oxygen atoms in total. The van der Waals surface area contributed by atoms with Gasteiger partial charge in [0.25, 0.3) is 0 Å². The molecule has 1 N–H and O–H groups in total. The Morgan fingerprint density at radius 2 is 1.74 bits per heavy atom. The highest BCUT2D eigenvalue weighted by Gasteiger charge is 2.20. The third kappa shape index (κ3) is 6.55. The van der Waals surface area contributed by atoms with Crippen LogP contribution in [0.15, 0.2) is 65.7 Å². The molecule has 0 atom stereocenters. The van der Waals surface area contributed by atoms with Gasteiger partial charge in [0.05, 0.1) is 18.6 Å². The summed E-state index contributed by atoms with van der Waals surface area (Å²) >= 11 is 7.29. The molecule has 1 aromatic heterocycles. The topological polar surface area (TPSA) is 70.6 Å². The summed E-state index contributed by atoms with van der Waals surface area (Å²) in [5, 5.41) is 13.1. The standard InChI is InChI=1S/C25H28ClN5O2S/c1-33-22-5-3-2-4-21(22)30-14-16-31(17-15-30)23-10-11-25(29-28-23)34-18-24(32)27-13-12-19-6-8-20(26)9-7-19/h2-11H,12-18H2,1H3,(H,27,32). The van der Waals surface area contributed by atoms with Crippen molar-refractivity contribution in [2.75, 3.05) is 55.4 Å². The molecule has 178 valence electrons. The second kappa shape index (κ2) is 11.9. The highest BCUT2D eigenvalue weighted by atomic mass is 35.5. The lowest BCUT2D eigenvalue weighted by Crippen LogP contribution is -2.47. The summed E-state index contributed by atoms with van der Waals surface area (Å²) in [4.78, 5) is 16.7. The van der Waals surface area contributed by atoms with Crippen molar-refractivity contribution in [2.24, 2.45) is 0 Å². The molecule has 9 heteroatoms. The second-order valence-corrected chi connectivity index (χ2v) is 9.32. The number of halogens is 1. The van der Waals surface area contributed by atoms with E-state index in [-0.39, 0.29) is 5.91 Å². The molecule has 0 aliphatic carbocycles. The Morgan fingerprint density at radius 3 is 2.44 bits per heavy atom. The molecule has 1 saturated heterocycles. The molecule has 1 aliphatic rings. The third-order valence-electron chi connectivity index (χ3n) is 5.66. The van der Waals surface area contributed by atoms with Gasteiger partial charge in [-0.1, -0.05) is 47.6 Å². The Hall–Kier alpha value is -2.97. The predicted octanol–water partition coefficient (Wildman–Crippen LogP) is 3.92. The van der Waals surface area contributed by atoms with Gasteiger partial charge in [-0.3, -0.25) is 4.79 Å². The van der Waals surface area contributed by atoms with Crippen molar-refractivity contribution < 1.29 is 9.53 Å². The minimum absolute atomic E-state index is 0.0164. The highest BCUT2D eigenvalue weighted by Crippen LogP contribution is 2.29. The van der Waals surface area contributed by atoms with Gasteiger partial charge in [-0.05, 0) is 48.4 Å².